The minimum absolute atomic E-state index is 0.212. The van der Waals surface area contributed by atoms with Crippen molar-refractivity contribution in [2.24, 2.45) is 0 Å². The second-order valence-electron chi connectivity index (χ2n) is 6.71. The lowest BCUT2D eigenvalue weighted by Crippen LogP contribution is -2.29. The van der Waals surface area contributed by atoms with Gasteiger partial charge in [0.05, 0.1) is 29.2 Å². The summed E-state index contributed by atoms with van der Waals surface area (Å²) >= 11 is 11.9. The van der Waals surface area contributed by atoms with Gasteiger partial charge in [-0.2, -0.15) is 0 Å². The summed E-state index contributed by atoms with van der Waals surface area (Å²) in [6, 6.07) is 20.5. The lowest BCUT2D eigenvalue weighted by Gasteiger charge is -2.22. The number of nitrogens with one attached hydrogen (secondary N) is 1. The van der Waals surface area contributed by atoms with Crippen LogP contribution in [0.15, 0.2) is 72.8 Å². The molecule has 0 aliphatic rings. The first-order valence-electron chi connectivity index (χ1n) is 9.22. The van der Waals surface area contributed by atoms with Gasteiger partial charge in [-0.1, -0.05) is 53.5 Å². The molecule has 31 heavy (non-hydrogen) atoms. The maximum Gasteiger partial charge on any atom is 0.262 e. The molecule has 6 nitrogen and oxygen atoms in total. The zero-order chi connectivity index (χ0) is 22.4. The molecule has 0 atom stereocenters. The van der Waals surface area contributed by atoms with Crippen LogP contribution < -0.4 is 14.4 Å². The zero-order valence-electron chi connectivity index (χ0n) is 16.6. The molecule has 3 aromatic carbocycles. The molecule has 1 N–H and O–H groups in total. The molecule has 1 amide bonds. The van der Waals surface area contributed by atoms with Gasteiger partial charge in [0.15, 0.2) is 6.61 Å². The fourth-order valence-electron chi connectivity index (χ4n) is 2.78. The van der Waals surface area contributed by atoms with Crippen LogP contribution in [0.5, 0.6) is 5.75 Å². The van der Waals surface area contributed by atoms with Crippen molar-refractivity contribution in [2.75, 3.05) is 22.5 Å². The smallest absolute Gasteiger partial charge is 0.262 e. The summed E-state index contributed by atoms with van der Waals surface area (Å²) < 4.78 is 31.4. The second kappa shape index (κ2) is 10.0. The SMILES string of the molecule is CS(=O)(=O)N(Cc1ccccc1)c1ccc(OCC(=O)Nc2ccc(Cl)cc2Cl)cc1. The van der Waals surface area contributed by atoms with Crippen LogP contribution in [-0.2, 0) is 21.4 Å². The molecule has 0 saturated carbocycles. The van der Waals surface area contributed by atoms with Crippen LogP contribution in [-0.4, -0.2) is 27.2 Å². The highest BCUT2D eigenvalue weighted by Crippen LogP contribution is 2.26. The van der Waals surface area contributed by atoms with Gasteiger partial charge < -0.3 is 10.1 Å². The zero-order valence-corrected chi connectivity index (χ0v) is 18.9. The summed E-state index contributed by atoms with van der Waals surface area (Å²) in [4.78, 5) is 12.1. The van der Waals surface area contributed by atoms with Crippen LogP contribution >= 0.6 is 23.2 Å². The molecule has 0 heterocycles. The third kappa shape index (κ3) is 6.62. The predicted molar refractivity (Wildman–Crippen MR) is 124 cm³/mol. The van der Waals surface area contributed by atoms with Gasteiger partial charge in [0.1, 0.15) is 5.75 Å². The van der Waals surface area contributed by atoms with Crippen molar-refractivity contribution in [3.05, 3.63) is 88.4 Å². The highest BCUT2D eigenvalue weighted by molar-refractivity contribution is 7.92. The van der Waals surface area contributed by atoms with E-state index in [0.29, 0.717) is 27.2 Å². The summed E-state index contributed by atoms with van der Waals surface area (Å²) in [6.45, 7) is -0.0256. The molecular formula is C22H20Cl2N2O4S. The van der Waals surface area contributed by atoms with E-state index in [4.69, 9.17) is 27.9 Å². The molecule has 3 aromatic rings. The number of amides is 1. The molecule has 0 aliphatic carbocycles. The Morgan fingerprint density at radius 2 is 1.68 bits per heavy atom. The summed E-state index contributed by atoms with van der Waals surface area (Å²) in [6.07, 6.45) is 1.16. The Morgan fingerprint density at radius 1 is 1.00 bits per heavy atom. The molecule has 0 aromatic heterocycles. The molecule has 9 heteroatoms. The van der Waals surface area contributed by atoms with Crippen molar-refractivity contribution in [3.8, 4) is 5.75 Å². The van der Waals surface area contributed by atoms with Crippen molar-refractivity contribution in [2.45, 2.75) is 6.54 Å². The third-order valence-electron chi connectivity index (χ3n) is 4.27. The van der Waals surface area contributed by atoms with E-state index in [1.54, 1.807) is 36.4 Å². The van der Waals surface area contributed by atoms with Gasteiger partial charge in [-0.25, -0.2) is 8.42 Å². The van der Waals surface area contributed by atoms with Gasteiger partial charge in [-0.05, 0) is 48.0 Å². The van der Waals surface area contributed by atoms with Gasteiger partial charge in [0.25, 0.3) is 5.91 Å². The van der Waals surface area contributed by atoms with Crippen LogP contribution in [0.4, 0.5) is 11.4 Å². The van der Waals surface area contributed by atoms with E-state index < -0.39 is 15.9 Å². The number of carbonyl (C=O) groups excluding carboxylic acids is 1. The van der Waals surface area contributed by atoms with Gasteiger partial charge in [-0.3, -0.25) is 9.10 Å². The van der Waals surface area contributed by atoms with Crippen LogP contribution in [0.3, 0.4) is 0 Å². The number of ether oxygens (including phenoxy) is 1. The molecule has 0 saturated heterocycles. The molecule has 0 aliphatic heterocycles. The highest BCUT2D eigenvalue weighted by atomic mass is 35.5. The topological polar surface area (TPSA) is 75.7 Å². The monoisotopic (exact) mass is 478 g/mol. The van der Waals surface area contributed by atoms with E-state index in [1.165, 1.54) is 10.4 Å². The van der Waals surface area contributed by atoms with Crippen LogP contribution in [0.25, 0.3) is 0 Å². The minimum atomic E-state index is -3.49. The second-order valence-corrected chi connectivity index (χ2v) is 9.46. The number of anilines is 2. The molecule has 0 unspecified atom stereocenters. The molecule has 0 spiro atoms. The number of sulfonamides is 1. The Morgan fingerprint density at radius 3 is 2.29 bits per heavy atom. The lowest BCUT2D eigenvalue weighted by atomic mass is 10.2. The lowest BCUT2D eigenvalue weighted by molar-refractivity contribution is -0.118. The number of rotatable bonds is 8. The Kier molecular flexibility index (Phi) is 7.43. The van der Waals surface area contributed by atoms with Crippen molar-refractivity contribution >= 4 is 50.5 Å². The first kappa shape index (κ1) is 22.9. The maximum absolute atomic E-state index is 12.3. The van der Waals surface area contributed by atoms with E-state index in [1.807, 2.05) is 30.3 Å². The van der Waals surface area contributed by atoms with Crippen LogP contribution in [0.1, 0.15) is 5.56 Å². The number of hydrogen-bond acceptors (Lipinski definition) is 4. The normalized spacial score (nSPS) is 11.1. The largest absolute Gasteiger partial charge is 0.484 e. The molecule has 162 valence electrons. The number of halogens is 2. The summed E-state index contributed by atoms with van der Waals surface area (Å²) in [7, 11) is -3.49. The van der Waals surface area contributed by atoms with E-state index in [0.717, 1.165) is 11.8 Å². The van der Waals surface area contributed by atoms with Gasteiger partial charge >= 0.3 is 0 Å². The summed E-state index contributed by atoms with van der Waals surface area (Å²) in [5.74, 6) is 0.0319. The third-order valence-corrected chi connectivity index (χ3v) is 5.96. The van der Waals surface area contributed by atoms with Crippen molar-refractivity contribution in [1.82, 2.24) is 0 Å². The quantitative estimate of drug-likeness (QED) is 0.495. The molecule has 3 rings (SSSR count). The maximum atomic E-state index is 12.3. The van der Waals surface area contributed by atoms with Crippen molar-refractivity contribution in [1.29, 1.82) is 0 Å². The van der Waals surface area contributed by atoms with E-state index in [2.05, 4.69) is 5.32 Å². The number of benzene rings is 3. The van der Waals surface area contributed by atoms with E-state index >= 15 is 0 Å². The average molecular weight is 479 g/mol. The fraction of sp³-hybridized carbons (Fsp3) is 0.136. The van der Waals surface area contributed by atoms with Gasteiger partial charge in [0.2, 0.25) is 10.0 Å². The van der Waals surface area contributed by atoms with E-state index in [9.17, 15) is 13.2 Å². The van der Waals surface area contributed by atoms with Crippen LogP contribution in [0, 0.1) is 0 Å². The Hall–Kier alpha value is -2.74. The fourth-order valence-corrected chi connectivity index (χ4v) is 4.13. The number of nitrogens with zero attached hydrogens (tertiary/aromatic N) is 1. The Bertz CT molecular complexity index is 1150. The Labute approximate surface area is 191 Å². The van der Waals surface area contributed by atoms with Gasteiger partial charge in [-0.15, -0.1) is 0 Å². The minimum Gasteiger partial charge on any atom is -0.484 e. The predicted octanol–water partition coefficient (Wildman–Crippen LogP) is 4.98. The first-order valence-corrected chi connectivity index (χ1v) is 11.8. The summed E-state index contributed by atoms with van der Waals surface area (Å²) in [5, 5.41) is 3.43. The molecular weight excluding hydrogens is 459 g/mol. The van der Waals surface area contributed by atoms with Crippen LogP contribution in [0.2, 0.25) is 10.0 Å². The number of hydrogen-bond donors (Lipinski definition) is 1. The van der Waals surface area contributed by atoms with Crippen molar-refractivity contribution in [3.63, 3.8) is 0 Å². The summed E-state index contributed by atoms with van der Waals surface area (Å²) in [5.41, 5.74) is 1.79. The molecule has 0 fully saturated rings. The molecule has 0 bridgehead atoms. The Balaban J connectivity index is 1.63. The average Bonchev–Trinajstić information content (AvgIpc) is 2.73. The van der Waals surface area contributed by atoms with E-state index in [-0.39, 0.29) is 13.2 Å². The van der Waals surface area contributed by atoms with Gasteiger partial charge in [0, 0.05) is 5.02 Å². The standard InChI is InChI=1S/C22H20Cl2N2O4S/c1-31(28,29)26(14-16-5-3-2-4-6-16)18-8-10-19(11-9-18)30-15-22(27)25-21-12-7-17(23)13-20(21)24/h2-13H,14-15H2,1H3,(H,25,27). The molecule has 0 radical (unpaired) electrons. The first-order chi connectivity index (χ1) is 14.7. The van der Waals surface area contributed by atoms with Crippen molar-refractivity contribution < 1.29 is 17.9 Å². The number of carbonyl (C=O) groups is 1. The highest BCUT2D eigenvalue weighted by Gasteiger charge is 2.18.